The van der Waals surface area contributed by atoms with Gasteiger partial charge in [-0.25, -0.2) is 0 Å². The highest BCUT2D eigenvalue weighted by Gasteiger charge is 2.38. The molecule has 3 aromatic carbocycles. The van der Waals surface area contributed by atoms with Crippen molar-refractivity contribution in [1.29, 1.82) is 0 Å². The molecule has 0 bridgehead atoms. The zero-order chi connectivity index (χ0) is 24.0. The quantitative estimate of drug-likeness (QED) is 0.254. The minimum Gasteiger partial charge on any atom is -0.413 e. The van der Waals surface area contributed by atoms with Crippen molar-refractivity contribution in [2.24, 2.45) is 0 Å². The number of hydrogen-bond donors (Lipinski definition) is 1. The summed E-state index contributed by atoms with van der Waals surface area (Å²) in [5.74, 6) is 0. The van der Waals surface area contributed by atoms with Crippen molar-refractivity contribution in [2.75, 3.05) is 13.2 Å². The van der Waals surface area contributed by atoms with E-state index < -0.39 is 13.1 Å². The van der Waals surface area contributed by atoms with Crippen molar-refractivity contribution in [1.82, 2.24) is 0 Å². The summed E-state index contributed by atoms with van der Waals surface area (Å²) in [5.41, 5.74) is 4.50. The van der Waals surface area contributed by atoms with Crippen molar-refractivity contribution >= 4 is 20.1 Å². The molecule has 4 heteroatoms. The third-order valence-electron chi connectivity index (χ3n) is 6.57. The highest BCUT2D eigenvalue weighted by Crippen LogP contribution is 2.49. The lowest BCUT2D eigenvalue weighted by atomic mass is 9.84. The van der Waals surface area contributed by atoms with Gasteiger partial charge >= 0.3 is 0 Å². The second kappa shape index (κ2) is 10.9. The van der Waals surface area contributed by atoms with Crippen LogP contribution >= 0.6 is 11.8 Å². The van der Waals surface area contributed by atoms with Gasteiger partial charge in [0.25, 0.3) is 0 Å². The molecule has 3 aromatic rings. The summed E-state index contributed by atoms with van der Waals surface area (Å²) in [7, 11) is -1.91. The van der Waals surface area contributed by atoms with Crippen molar-refractivity contribution < 1.29 is 9.53 Å². The highest BCUT2D eigenvalue weighted by molar-refractivity contribution is 8.03. The Balaban J connectivity index is 2.07. The fourth-order valence-corrected chi connectivity index (χ4v) is 5.78. The molecule has 0 amide bonds. The summed E-state index contributed by atoms with van der Waals surface area (Å²) in [6, 6.07) is 31.8. The first kappa shape index (κ1) is 25.5. The van der Waals surface area contributed by atoms with Gasteiger partial charge in [0, 0.05) is 0 Å². The van der Waals surface area contributed by atoms with Gasteiger partial charge in [-0.05, 0) is 45.8 Å². The van der Waals surface area contributed by atoms with Crippen LogP contribution in [0.2, 0.25) is 18.1 Å². The summed E-state index contributed by atoms with van der Waals surface area (Å²) in [4.78, 5) is 0. The van der Waals surface area contributed by atoms with Crippen LogP contribution in [0.15, 0.2) is 102 Å². The fraction of sp³-hybridized carbons (Fsp3) is 0.310. The van der Waals surface area contributed by atoms with E-state index in [1.165, 1.54) is 16.7 Å². The molecule has 0 aliphatic carbocycles. The molecule has 1 N–H and O–H groups in total. The van der Waals surface area contributed by atoms with Crippen LogP contribution in [0, 0.1) is 0 Å². The van der Waals surface area contributed by atoms with Crippen LogP contribution in [0.25, 0.3) is 0 Å². The van der Waals surface area contributed by atoms with Crippen LogP contribution in [0.5, 0.6) is 0 Å². The van der Waals surface area contributed by atoms with Crippen LogP contribution in [-0.4, -0.2) is 26.6 Å². The molecular weight excluding hydrogens is 440 g/mol. The average molecular weight is 477 g/mol. The van der Waals surface area contributed by atoms with E-state index in [9.17, 15) is 5.11 Å². The van der Waals surface area contributed by atoms with Gasteiger partial charge in [0.05, 0.1) is 18.0 Å². The van der Waals surface area contributed by atoms with E-state index >= 15 is 0 Å². The van der Waals surface area contributed by atoms with E-state index in [1.807, 2.05) is 0 Å². The molecule has 0 aromatic heterocycles. The lowest BCUT2D eigenvalue weighted by Crippen LogP contribution is -2.41. The maximum Gasteiger partial charge on any atom is 0.192 e. The van der Waals surface area contributed by atoms with Crippen molar-refractivity contribution in [3.63, 3.8) is 0 Å². The molecule has 3 rings (SSSR count). The number of benzene rings is 3. The van der Waals surface area contributed by atoms with Gasteiger partial charge in [-0.3, -0.25) is 0 Å². The second-order valence-electron chi connectivity index (χ2n) is 9.88. The van der Waals surface area contributed by atoms with E-state index in [2.05, 4.69) is 130 Å². The van der Waals surface area contributed by atoms with E-state index in [4.69, 9.17) is 4.43 Å². The number of hydrogen-bond acceptors (Lipinski definition) is 3. The van der Waals surface area contributed by atoms with E-state index in [0.717, 1.165) is 5.57 Å². The molecule has 33 heavy (non-hydrogen) atoms. The standard InChI is InChI=1S/C29H36O2SSi/c1-28(2,3)33(4,5)31-22-24(21-30)23-32-29(25-15-9-6-10-16-25,26-17-11-7-12-18-26)27-19-13-8-14-20-27/h6-20,23,30H,21-22H2,1-5H3. The van der Waals surface area contributed by atoms with Gasteiger partial charge in [0.1, 0.15) is 0 Å². The summed E-state index contributed by atoms with van der Waals surface area (Å²) in [6.07, 6.45) is 0. The van der Waals surface area contributed by atoms with Crippen LogP contribution < -0.4 is 0 Å². The molecule has 0 saturated heterocycles. The molecule has 0 fully saturated rings. The SMILES string of the molecule is CC(C)(C)[Si](C)(C)OCC(=CSC(c1ccccc1)(c1ccccc1)c1ccccc1)CO. The Morgan fingerprint density at radius 1 is 0.788 bits per heavy atom. The lowest BCUT2D eigenvalue weighted by molar-refractivity contribution is 0.274. The average Bonchev–Trinajstić information content (AvgIpc) is 2.82. The zero-order valence-corrected chi connectivity index (χ0v) is 22.2. The van der Waals surface area contributed by atoms with Crippen molar-refractivity contribution in [3.8, 4) is 0 Å². The first-order chi connectivity index (χ1) is 15.7. The monoisotopic (exact) mass is 476 g/mol. The Morgan fingerprint density at radius 2 is 1.18 bits per heavy atom. The third kappa shape index (κ3) is 5.88. The van der Waals surface area contributed by atoms with E-state index in [-0.39, 0.29) is 11.6 Å². The predicted molar refractivity (Wildman–Crippen MR) is 145 cm³/mol. The maximum atomic E-state index is 10.2. The highest BCUT2D eigenvalue weighted by atomic mass is 32.2. The minimum atomic E-state index is -1.91. The number of rotatable bonds is 9. The lowest BCUT2D eigenvalue weighted by Gasteiger charge is -2.37. The summed E-state index contributed by atoms with van der Waals surface area (Å²) in [6.45, 7) is 11.6. The predicted octanol–water partition coefficient (Wildman–Crippen LogP) is 7.61. The first-order valence-corrected chi connectivity index (χ1v) is 15.3. The van der Waals surface area contributed by atoms with Gasteiger partial charge in [-0.1, -0.05) is 112 Å². The van der Waals surface area contributed by atoms with Crippen LogP contribution in [0.1, 0.15) is 37.5 Å². The molecule has 0 unspecified atom stereocenters. The molecule has 0 heterocycles. The summed E-state index contributed by atoms with van der Waals surface area (Å²) in [5, 5.41) is 12.4. The van der Waals surface area contributed by atoms with Gasteiger partial charge in [-0.15, -0.1) is 11.8 Å². The Morgan fingerprint density at radius 3 is 1.52 bits per heavy atom. The molecule has 0 saturated carbocycles. The van der Waals surface area contributed by atoms with Crippen molar-refractivity contribution in [3.05, 3.63) is 119 Å². The van der Waals surface area contributed by atoms with Crippen LogP contribution in [0.3, 0.4) is 0 Å². The Bertz CT molecular complexity index is 929. The topological polar surface area (TPSA) is 29.5 Å². The van der Waals surface area contributed by atoms with Crippen LogP contribution in [-0.2, 0) is 9.17 Å². The zero-order valence-electron chi connectivity index (χ0n) is 20.4. The minimum absolute atomic E-state index is 0.0178. The Hall–Kier alpha value is -2.11. The van der Waals surface area contributed by atoms with Gasteiger partial charge in [0.2, 0.25) is 0 Å². The van der Waals surface area contributed by atoms with Gasteiger partial charge in [-0.2, -0.15) is 0 Å². The molecule has 0 atom stereocenters. The number of thioether (sulfide) groups is 1. The molecule has 0 spiro atoms. The molecule has 2 nitrogen and oxygen atoms in total. The summed E-state index contributed by atoms with van der Waals surface area (Å²) < 4.78 is 5.98. The maximum absolute atomic E-state index is 10.2. The fourth-order valence-electron chi connectivity index (χ4n) is 3.50. The first-order valence-electron chi connectivity index (χ1n) is 11.5. The van der Waals surface area contributed by atoms with Crippen LogP contribution in [0.4, 0.5) is 0 Å². The number of aliphatic hydroxyl groups is 1. The smallest absolute Gasteiger partial charge is 0.192 e. The van der Waals surface area contributed by atoms with Gasteiger partial charge < -0.3 is 9.53 Å². The second-order valence-corrected chi connectivity index (χ2v) is 15.8. The number of aliphatic hydroxyl groups excluding tert-OH is 1. The Labute approximate surface area is 204 Å². The molecular formula is C29H36O2SSi. The molecule has 0 radical (unpaired) electrons. The van der Waals surface area contributed by atoms with E-state index in [0.29, 0.717) is 6.61 Å². The van der Waals surface area contributed by atoms with E-state index in [1.54, 1.807) is 11.8 Å². The molecule has 174 valence electrons. The largest absolute Gasteiger partial charge is 0.413 e. The molecule has 0 aliphatic rings. The normalized spacial score (nSPS) is 13.2. The molecule has 0 aliphatic heterocycles. The van der Waals surface area contributed by atoms with Gasteiger partial charge in [0.15, 0.2) is 8.32 Å². The Kier molecular flexibility index (Phi) is 8.41. The van der Waals surface area contributed by atoms with Crippen molar-refractivity contribution in [2.45, 2.75) is 43.7 Å². The third-order valence-corrected chi connectivity index (χ3v) is 12.6. The summed E-state index contributed by atoms with van der Waals surface area (Å²) >= 11 is 1.73.